The summed E-state index contributed by atoms with van der Waals surface area (Å²) in [5, 5.41) is 2.97. The van der Waals surface area contributed by atoms with Gasteiger partial charge < -0.3 is 24.6 Å². The second-order valence-electron chi connectivity index (χ2n) is 11.1. The first-order valence-corrected chi connectivity index (χ1v) is 12.8. The van der Waals surface area contributed by atoms with Gasteiger partial charge in [0.05, 0.1) is 12.7 Å². The van der Waals surface area contributed by atoms with Crippen molar-refractivity contribution in [1.82, 2.24) is 15.1 Å². The number of amides is 2. The molecule has 0 spiro atoms. The van der Waals surface area contributed by atoms with Gasteiger partial charge in [-0.3, -0.25) is 14.4 Å². The molecule has 8 heteroatoms. The van der Waals surface area contributed by atoms with Crippen molar-refractivity contribution < 1.29 is 23.9 Å². The number of nitrogens with one attached hydrogen (secondary N) is 1. The summed E-state index contributed by atoms with van der Waals surface area (Å²) in [6.07, 6.45) is 2.62. The van der Waals surface area contributed by atoms with Crippen LogP contribution in [-0.4, -0.2) is 92.1 Å². The van der Waals surface area contributed by atoms with Crippen molar-refractivity contribution in [3.05, 3.63) is 35.4 Å². The van der Waals surface area contributed by atoms with E-state index >= 15 is 0 Å². The van der Waals surface area contributed by atoms with Gasteiger partial charge in [0.2, 0.25) is 5.91 Å². The van der Waals surface area contributed by atoms with Crippen molar-refractivity contribution in [3.63, 3.8) is 0 Å². The zero-order valence-electron chi connectivity index (χ0n) is 21.4. The highest BCUT2D eigenvalue weighted by Crippen LogP contribution is 2.31. The number of rotatable bonds is 7. The summed E-state index contributed by atoms with van der Waals surface area (Å²) in [6.45, 7) is 10.2. The number of ether oxygens (including phenoxy) is 2. The molecule has 0 aromatic heterocycles. The van der Waals surface area contributed by atoms with Crippen LogP contribution in [0.1, 0.15) is 61.9 Å². The molecule has 4 rings (SSSR count). The lowest BCUT2D eigenvalue weighted by molar-refractivity contribution is -0.140. The van der Waals surface area contributed by atoms with Crippen LogP contribution in [0, 0.1) is 5.41 Å². The van der Waals surface area contributed by atoms with Crippen molar-refractivity contribution in [2.45, 2.75) is 64.1 Å². The lowest BCUT2D eigenvalue weighted by atomic mass is 9.85. The SMILES string of the molecule is COCCN1CCC(c2ccc(C(=O)NC(C(=O)N3CC[C@H]4OCC(=O)[C@H]43)C(C)(C)C)cc2)CC1. The summed E-state index contributed by atoms with van der Waals surface area (Å²) < 4.78 is 10.7. The van der Waals surface area contributed by atoms with Gasteiger partial charge in [-0.2, -0.15) is 0 Å². The lowest BCUT2D eigenvalue weighted by Crippen LogP contribution is -2.57. The quantitative estimate of drug-likeness (QED) is 0.637. The molecule has 3 aliphatic heterocycles. The third-order valence-electron chi connectivity index (χ3n) is 7.63. The van der Waals surface area contributed by atoms with Crippen molar-refractivity contribution in [2.75, 3.05) is 46.5 Å². The van der Waals surface area contributed by atoms with Gasteiger partial charge >= 0.3 is 0 Å². The zero-order valence-corrected chi connectivity index (χ0v) is 21.4. The van der Waals surface area contributed by atoms with Crippen molar-refractivity contribution >= 4 is 17.6 Å². The number of benzene rings is 1. The Morgan fingerprint density at radius 2 is 1.80 bits per heavy atom. The minimum absolute atomic E-state index is 0.0556. The molecular formula is C27H39N3O5. The van der Waals surface area contributed by atoms with E-state index in [1.165, 1.54) is 5.56 Å². The van der Waals surface area contributed by atoms with E-state index in [1.807, 2.05) is 45.0 Å². The fourth-order valence-electron chi connectivity index (χ4n) is 5.49. The molecule has 0 aliphatic carbocycles. The third-order valence-corrected chi connectivity index (χ3v) is 7.63. The highest BCUT2D eigenvalue weighted by atomic mass is 16.5. The number of fused-ring (bicyclic) bond motifs is 1. The van der Waals surface area contributed by atoms with Crippen LogP contribution < -0.4 is 5.32 Å². The van der Waals surface area contributed by atoms with Crippen LogP contribution in [0.3, 0.4) is 0 Å². The van der Waals surface area contributed by atoms with Crippen LogP contribution in [0.4, 0.5) is 0 Å². The number of carbonyl (C=O) groups is 3. The van der Waals surface area contributed by atoms with Gasteiger partial charge in [-0.25, -0.2) is 0 Å². The molecule has 35 heavy (non-hydrogen) atoms. The second kappa shape index (κ2) is 10.8. The number of nitrogens with zero attached hydrogens (tertiary/aromatic N) is 2. The summed E-state index contributed by atoms with van der Waals surface area (Å²) in [4.78, 5) is 43.0. The molecule has 0 radical (unpaired) electrons. The third kappa shape index (κ3) is 5.76. The van der Waals surface area contributed by atoms with Gasteiger partial charge in [0.25, 0.3) is 5.91 Å². The molecule has 3 heterocycles. The fourth-order valence-corrected chi connectivity index (χ4v) is 5.49. The smallest absolute Gasteiger partial charge is 0.251 e. The predicted octanol–water partition coefficient (Wildman–Crippen LogP) is 2.23. The molecule has 3 saturated heterocycles. The Labute approximate surface area is 208 Å². The predicted molar refractivity (Wildman–Crippen MR) is 132 cm³/mol. The minimum Gasteiger partial charge on any atom is -0.383 e. The Hall–Kier alpha value is -2.29. The van der Waals surface area contributed by atoms with Crippen LogP contribution in [0.2, 0.25) is 0 Å². The van der Waals surface area contributed by atoms with Gasteiger partial charge in [0.1, 0.15) is 18.7 Å². The topological polar surface area (TPSA) is 88.2 Å². The molecule has 0 bridgehead atoms. The Kier molecular flexibility index (Phi) is 7.93. The normalized spacial score (nSPS) is 24.5. The monoisotopic (exact) mass is 485 g/mol. The Bertz CT molecular complexity index is 918. The summed E-state index contributed by atoms with van der Waals surface area (Å²) in [5.41, 5.74) is 1.27. The molecule has 3 fully saturated rings. The first-order chi connectivity index (χ1) is 16.7. The molecule has 1 unspecified atom stereocenters. The maximum atomic E-state index is 13.5. The molecule has 1 aromatic carbocycles. The number of carbonyl (C=O) groups excluding carboxylic acids is 3. The van der Waals surface area contributed by atoms with E-state index in [0.29, 0.717) is 24.4 Å². The van der Waals surface area contributed by atoms with Gasteiger partial charge in [-0.15, -0.1) is 0 Å². The number of piperidine rings is 1. The fraction of sp³-hybridized carbons (Fsp3) is 0.667. The summed E-state index contributed by atoms with van der Waals surface area (Å²) in [5.74, 6) is -0.0537. The first-order valence-electron chi connectivity index (χ1n) is 12.8. The highest BCUT2D eigenvalue weighted by Gasteiger charge is 2.49. The number of ketones is 1. The molecule has 1 N–H and O–H groups in total. The molecule has 192 valence electrons. The number of Topliss-reactive ketones (excluding diaryl/α,β-unsaturated/α-hetero) is 1. The maximum absolute atomic E-state index is 13.5. The molecule has 0 saturated carbocycles. The van der Waals surface area contributed by atoms with Gasteiger partial charge in [-0.05, 0) is 61.4 Å². The van der Waals surface area contributed by atoms with E-state index in [0.717, 1.165) is 39.1 Å². The summed E-state index contributed by atoms with van der Waals surface area (Å²) in [6, 6.07) is 6.52. The standard InChI is InChI=1S/C27H39N3O5/c1-27(2,3)24(26(33)30-14-11-22-23(30)21(31)17-35-22)28-25(32)20-7-5-18(6-8-20)19-9-12-29(13-10-19)15-16-34-4/h5-8,19,22-24H,9-17H2,1-4H3,(H,28,32)/t22-,23-,24?/m1/s1. The summed E-state index contributed by atoms with van der Waals surface area (Å²) >= 11 is 0. The zero-order chi connectivity index (χ0) is 25.2. The molecule has 3 aliphatic rings. The minimum atomic E-state index is -0.738. The van der Waals surface area contributed by atoms with Crippen molar-refractivity contribution in [2.24, 2.45) is 5.41 Å². The van der Waals surface area contributed by atoms with Gasteiger partial charge in [0.15, 0.2) is 5.78 Å². The van der Waals surface area contributed by atoms with E-state index in [9.17, 15) is 14.4 Å². The van der Waals surface area contributed by atoms with Crippen molar-refractivity contribution in [3.8, 4) is 0 Å². The Morgan fingerprint density at radius 3 is 2.43 bits per heavy atom. The maximum Gasteiger partial charge on any atom is 0.251 e. The molecule has 3 atom stereocenters. The van der Waals surface area contributed by atoms with E-state index in [1.54, 1.807) is 12.0 Å². The van der Waals surface area contributed by atoms with Crippen LogP contribution in [-0.2, 0) is 19.1 Å². The van der Waals surface area contributed by atoms with Crippen LogP contribution in [0.25, 0.3) is 0 Å². The molecule has 2 amide bonds. The van der Waals surface area contributed by atoms with Crippen molar-refractivity contribution in [1.29, 1.82) is 0 Å². The average Bonchev–Trinajstić information content (AvgIpc) is 3.43. The van der Waals surface area contributed by atoms with Crippen LogP contribution >= 0.6 is 0 Å². The second-order valence-corrected chi connectivity index (χ2v) is 11.1. The molecular weight excluding hydrogens is 446 g/mol. The Balaban J connectivity index is 1.39. The highest BCUT2D eigenvalue weighted by molar-refractivity contribution is 5.99. The number of methoxy groups -OCH3 is 1. The summed E-state index contributed by atoms with van der Waals surface area (Å²) in [7, 11) is 1.73. The van der Waals surface area contributed by atoms with Gasteiger partial charge in [0, 0.05) is 25.8 Å². The molecule has 8 nitrogen and oxygen atoms in total. The van der Waals surface area contributed by atoms with Crippen LogP contribution in [0.15, 0.2) is 24.3 Å². The van der Waals surface area contributed by atoms with E-state index in [4.69, 9.17) is 9.47 Å². The molecule has 1 aromatic rings. The number of hydrogen-bond acceptors (Lipinski definition) is 6. The Morgan fingerprint density at radius 1 is 1.11 bits per heavy atom. The van der Waals surface area contributed by atoms with Gasteiger partial charge in [-0.1, -0.05) is 32.9 Å². The van der Waals surface area contributed by atoms with E-state index in [-0.39, 0.29) is 30.3 Å². The van der Waals surface area contributed by atoms with E-state index < -0.39 is 17.5 Å². The lowest BCUT2D eigenvalue weighted by Gasteiger charge is -2.35. The van der Waals surface area contributed by atoms with E-state index in [2.05, 4.69) is 10.2 Å². The largest absolute Gasteiger partial charge is 0.383 e. The van der Waals surface area contributed by atoms with Crippen LogP contribution in [0.5, 0.6) is 0 Å². The number of hydrogen-bond donors (Lipinski definition) is 1. The first kappa shape index (κ1) is 25.8. The number of likely N-dealkylation sites (tertiary alicyclic amines) is 2. The average molecular weight is 486 g/mol.